The van der Waals surface area contributed by atoms with Gasteiger partial charge in [-0.3, -0.25) is 13.9 Å². The molecule has 0 saturated heterocycles. The lowest BCUT2D eigenvalue weighted by atomic mass is 9.95. The molecule has 37 heavy (non-hydrogen) atoms. The number of hydrogen-bond acceptors (Lipinski definition) is 5. The molecule has 0 radical (unpaired) electrons. The summed E-state index contributed by atoms with van der Waals surface area (Å²) in [5, 5.41) is 3.02. The zero-order valence-corrected chi connectivity index (χ0v) is 22.5. The standard InChI is InChI=1S/C27H36FN3O5S/c1-4-36-24-16-14-23(15-17-24)31(37(3,34)35)19-26(32)30(18-21-10-8-9-13-25(21)28)20(2)27(33)29-22-11-6-5-7-12-22/h8-10,13-17,20,22H,4-7,11-12,18-19H2,1-3H3,(H,29,33)/t20-/m1/s1. The summed E-state index contributed by atoms with van der Waals surface area (Å²) in [5.41, 5.74) is 0.518. The van der Waals surface area contributed by atoms with Crippen molar-refractivity contribution in [1.29, 1.82) is 0 Å². The lowest BCUT2D eigenvalue weighted by Gasteiger charge is -2.33. The predicted octanol–water partition coefficient (Wildman–Crippen LogP) is 3.86. The lowest BCUT2D eigenvalue weighted by Crippen LogP contribution is -2.53. The molecule has 1 fully saturated rings. The highest BCUT2D eigenvalue weighted by molar-refractivity contribution is 7.92. The van der Waals surface area contributed by atoms with Crippen LogP contribution < -0.4 is 14.4 Å². The Hall–Kier alpha value is -3.14. The molecule has 0 aliphatic heterocycles. The number of hydrogen-bond donors (Lipinski definition) is 1. The highest BCUT2D eigenvalue weighted by atomic mass is 32.2. The summed E-state index contributed by atoms with van der Waals surface area (Å²) in [6, 6.07) is 11.5. The minimum absolute atomic E-state index is 0.0329. The van der Waals surface area contributed by atoms with Gasteiger partial charge in [0.15, 0.2) is 0 Å². The van der Waals surface area contributed by atoms with Crippen molar-refractivity contribution in [2.45, 2.75) is 64.6 Å². The lowest BCUT2D eigenvalue weighted by molar-refractivity contribution is -0.139. The van der Waals surface area contributed by atoms with Gasteiger partial charge < -0.3 is 15.0 Å². The van der Waals surface area contributed by atoms with Crippen molar-refractivity contribution in [2.75, 3.05) is 23.7 Å². The molecule has 8 nitrogen and oxygen atoms in total. The van der Waals surface area contributed by atoms with E-state index < -0.39 is 34.3 Å². The fraction of sp³-hybridized carbons (Fsp3) is 0.481. The third kappa shape index (κ3) is 7.92. The molecule has 1 saturated carbocycles. The van der Waals surface area contributed by atoms with Gasteiger partial charge in [-0.15, -0.1) is 0 Å². The van der Waals surface area contributed by atoms with E-state index in [1.54, 1.807) is 49.4 Å². The first-order valence-electron chi connectivity index (χ1n) is 12.6. The molecule has 1 N–H and O–H groups in total. The molecule has 0 spiro atoms. The van der Waals surface area contributed by atoms with E-state index in [0.29, 0.717) is 12.4 Å². The molecule has 202 valence electrons. The van der Waals surface area contributed by atoms with Crippen LogP contribution in [0.15, 0.2) is 48.5 Å². The Labute approximate surface area is 218 Å². The molecule has 2 aromatic carbocycles. The molecule has 1 aliphatic carbocycles. The maximum atomic E-state index is 14.5. The average Bonchev–Trinajstić information content (AvgIpc) is 2.87. The summed E-state index contributed by atoms with van der Waals surface area (Å²) in [4.78, 5) is 28.0. The molecule has 0 aromatic heterocycles. The normalized spacial score (nSPS) is 15.0. The second-order valence-electron chi connectivity index (χ2n) is 9.33. The maximum Gasteiger partial charge on any atom is 0.244 e. The Morgan fingerprint density at radius 1 is 1.08 bits per heavy atom. The summed E-state index contributed by atoms with van der Waals surface area (Å²) in [6.45, 7) is 3.16. The number of halogens is 1. The van der Waals surface area contributed by atoms with Gasteiger partial charge in [-0.2, -0.15) is 0 Å². The summed E-state index contributed by atoms with van der Waals surface area (Å²) in [7, 11) is -3.85. The number of carbonyl (C=O) groups is 2. The van der Waals surface area contributed by atoms with Crippen molar-refractivity contribution in [3.8, 4) is 5.75 Å². The van der Waals surface area contributed by atoms with Gasteiger partial charge in [0, 0.05) is 18.2 Å². The van der Waals surface area contributed by atoms with Crippen molar-refractivity contribution in [3.05, 3.63) is 59.9 Å². The number of anilines is 1. The number of nitrogens with one attached hydrogen (secondary N) is 1. The Balaban J connectivity index is 1.86. The van der Waals surface area contributed by atoms with E-state index >= 15 is 0 Å². The zero-order valence-electron chi connectivity index (χ0n) is 21.7. The number of sulfonamides is 1. The molecule has 3 rings (SSSR count). The quantitative estimate of drug-likeness (QED) is 0.473. The van der Waals surface area contributed by atoms with Gasteiger partial charge in [0.25, 0.3) is 0 Å². The largest absolute Gasteiger partial charge is 0.494 e. The van der Waals surface area contributed by atoms with E-state index in [0.717, 1.165) is 42.7 Å². The van der Waals surface area contributed by atoms with E-state index in [-0.39, 0.29) is 29.7 Å². The predicted molar refractivity (Wildman–Crippen MR) is 141 cm³/mol. The molecule has 0 bridgehead atoms. The Bertz CT molecular complexity index is 1170. The third-order valence-electron chi connectivity index (χ3n) is 6.53. The first-order valence-corrected chi connectivity index (χ1v) is 14.5. The summed E-state index contributed by atoms with van der Waals surface area (Å²) in [6.07, 6.45) is 5.95. The minimum Gasteiger partial charge on any atom is -0.494 e. The molecule has 0 unspecified atom stereocenters. The van der Waals surface area contributed by atoms with Crippen LogP contribution in [0.25, 0.3) is 0 Å². The van der Waals surface area contributed by atoms with E-state index in [4.69, 9.17) is 4.74 Å². The van der Waals surface area contributed by atoms with Gasteiger partial charge in [-0.05, 0) is 57.0 Å². The Kier molecular flexibility index (Phi) is 9.91. The van der Waals surface area contributed by atoms with Crippen LogP contribution in [0.2, 0.25) is 0 Å². The molecule has 2 aromatic rings. The van der Waals surface area contributed by atoms with Crippen LogP contribution in [0.5, 0.6) is 5.75 Å². The van der Waals surface area contributed by atoms with Crippen LogP contribution in [0.1, 0.15) is 51.5 Å². The van der Waals surface area contributed by atoms with Crippen LogP contribution >= 0.6 is 0 Å². The van der Waals surface area contributed by atoms with Gasteiger partial charge >= 0.3 is 0 Å². The Morgan fingerprint density at radius 2 is 1.73 bits per heavy atom. The van der Waals surface area contributed by atoms with Crippen molar-refractivity contribution in [1.82, 2.24) is 10.2 Å². The van der Waals surface area contributed by atoms with E-state index in [1.165, 1.54) is 11.0 Å². The summed E-state index contributed by atoms with van der Waals surface area (Å²) in [5.74, 6) is -0.899. The van der Waals surface area contributed by atoms with Crippen molar-refractivity contribution >= 4 is 27.5 Å². The smallest absolute Gasteiger partial charge is 0.244 e. The van der Waals surface area contributed by atoms with Crippen LogP contribution in [-0.2, 0) is 26.2 Å². The maximum absolute atomic E-state index is 14.5. The van der Waals surface area contributed by atoms with Crippen LogP contribution in [0.3, 0.4) is 0 Å². The van der Waals surface area contributed by atoms with Crippen molar-refractivity contribution in [3.63, 3.8) is 0 Å². The van der Waals surface area contributed by atoms with Gasteiger partial charge in [0.2, 0.25) is 21.8 Å². The molecular weight excluding hydrogens is 497 g/mol. The van der Waals surface area contributed by atoms with Crippen LogP contribution in [0.4, 0.5) is 10.1 Å². The second-order valence-corrected chi connectivity index (χ2v) is 11.2. The number of ether oxygens (including phenoxy) is 1. The highest BCUT2D eigenvalue weighted by Gasteiger charge is 2.31. The molecule has 1 aliphatic rings. The summed E-state index contributed by atoms with van der Waals surface area (Å²) >= 11 is 0. The highest BCUT2D eigenvalue weighted by Crippen LogP contribution is 2.23. The minimum atomic E-state index is -3.85. The topological polar surface area (TPSA) is 96.0 Å². The number of benzene rings is 2. The number of amides is 2. The Morgan fingerprint density at radius 3 is 2.32 bits per heavy atom. The van der Waals surface area contributed by atoms with Gasteiger partial charge in [0.1, 0.15) is 24.2 Å². The number of rotatable bonds is 11. The molecular formula is C27H36FN3O5S. The first kappa shape index (κ1) is 28.4. The van der Waals surface area contributed by atoms with E-state index in [1.807, 2.05) is 6.92 Å². The van der Waals surface area contributed by atoms with Crippen LogP contribution in [0, 0.1) is 5.82 Å². The summed E-state index contributed by atoms with van der Waals surface area (Å²) < 4.78 is 46.2. The van der Waals surface area contributed by atoms with E-state index in [2.05, 4.69) is 5.32 Å². The molecule has 1 atom stereocenters. The average molecular weight is 534 g/mol. The van der Waals surface area contributed by atoms with Gasteiger partial charge in [-0.1, -0.05) is 37.5 Å². The third-order valence-corrected chi connectivity index (χ3v) is 7.67. The first-order chi connectivity index (χ1) is 17.6. The zero-order chi connectivity index (χ0) is 27.0. The molecule has 2 amide bonds. The molecule has 0 heterocycles. The monoisotopic (exact) mass is 533 g/mol. The van der Waals surface area contributed by atoms with Crippen molar-refractivity contribution < 1.29 is 27.1 Å². The molecule has 10 heteroatoms. The van der Waals surface area contributed by atoms with Gasteiger partial charge in [-0.25, -0.2) is 12.8 Å². The fourth-order valence-electron chi connectivity index (χ4n) is 4.45. The number of carbonyl (C=O) groups excluding carboxylic acids is 2. The van der Waals surface area contributed by atoms with Crippen LogP contribution in [-0.4, -0.2) is 56.6 Å². The SMILES string of the molecule is CCOc1ccc(N(CC(=O)N(Cc2ccccc2F)[C@H](C)C(=O)NC2CCCCC2)S(C)(=O)=O)cc1. The fourth-order valence-corrected chi connectivity index (χ4v) is 5.30. The number of nitrogens with zero attached hydrogens (tertiary/aromatic N) is 2. The van der Waals surface area contributed by atoms with Gasteiger partial charge in [0.05, 0.1) is 18.6 Å². The van der Waals surface area contributed by atoms with Crippen molar-refractivity contribution in [2.24, 2.45) is 0 Å². The van der Waals surface area contributed by atoms with E-state index in [9.17, 15) is 22.4 Å². The second kappa shape index (κ2) is 12.9.